The van der Waals surface area contributed by atoms with E-state index >= 15 is 0 Å². The van der Waals surface area contributed by atoms with Crippen LogP contribution in [-0.4, -0.2) is 51.1 Å². The molecule has 0 bridgehead atoms. The van der Waals surface area contributed by atoms with Gasteiger partial charge in [0.1, 0.15) is 11.6 Å². The quantitative estimate of drug-likeness (QED) is 0.314. The second-order valence-electron chi connectivity index (χ2n) is 11.5. The molecule has 1 saturated heterocycles. The van der Waals surface area contributed by atoms with Crippen LogP contribution in [0.5, 0.6) is 0 Å². The zero-order chi connectivity index (χ0) is 29.2. The second-order valence-corrected chi connectivity index (χ2v) is 11.5. The van der Waals surface area contributed by atoms with Crippen molar-refractivity contribution in [3.05, 3.63) is 93.0 Å². The van der Waals surface area contributed by atoms with Crippen molar-refractivity contribution in [1.29, 1.82) is 0 Å². The molecule has 0 N–H and O–H groups in total. The molecule has 0 amide bonds. The second kappa shape index (κ2) is 12.1. The zero-order valence-corrected chi connectivity index (χ0v) is 23.8. The molecule has 2 aliphatic rings. The molecule has 2 fully saturated rings. The van der Waals surface area contributed by atoms with Crippen molar-refractivity contribution in [3.8, 4) is 16.8 Å². The highest BCUT2D eigenvalue weighted by molar-refractivity contribution is 5.77. The molecule has 0 spiro atoms. The molecule has 1 aliphatic heterocycles. The van der Waals surface area contributed by atoms with Gasteiger partial charge < -0.3 is 9.53 Å². The summed E-state index contributed by atoms with van der Waals surface area (Å²) in [7, 11) is 0. The molecule has 9 heteroatoms. The molecule has 2 aromatic heterocycles. The third-order valence-electron chi connectivity index (χ3n) is 8.58. The van der Waals surface area contributed by atoms with Crippen molar-refractivity contribution in [2.75, 3.05) is 26.3 Å². The molecule has 2 aromatic carbocycles. The Kier molecular flexibility index (Phi) is 8.13. The minimum absolute atomic E-state index is 0.0681. The lowest BCUT2D eigenvalue weighted by atomic mass is 9.83. The number of rotatable bonds is 7. The van der Waals surface area contributed by atoms with Crippen LogP contribution >= 0.6 is 0 Å². The third-order valence-corrected chi connectivity index (χ3v) is 8.58. The fraction of sp³-hybridized carbons (Fsp3) is 0.394. The number of hydrogen-bond donors (Lipinski definition) is 0. The minimum Gasteiger partial charge on any atom is -0.379 e. The van der Waals surface area contributed by atoms with Gasteiger partial charge in [-0.05, 0) is 73.4 Å². The number of hydrogen-bond acceptors (Lipinski definition) is 6. The molecular weight excluding hydrogens is 535 g/mol. The van der Waals surface area contributed by atoms with Crippen LogP contribution in [0.2, 0.25) is 0 Å². The normalized spacial score (nSPS) is 19.7. The summed E-state index contributed by atoms with van der Waals surface area (Å²) < 4.78 is 22.6. The molecule has 42 heavy (non-hydrogen) atoms. The minimum atomic E-state index is -0.632. The summed E-state index contributed by atoms with van der Waals surface area (Å²) in [6.07, 6.45) is 4.28. The predicted molar refractivity (Wildman–Crippen MR) is 159 cm³/mol. The highest BCUT2D eigenvalue weighted by Crippen LogP contribution is 2.33. The Balaban J connectivity index is 1.43. The highest BCUT2D eigenvalue weighted by atomic mass is 19.1. The molecule has 3 heterocycles. The monoisotopic (exact) mass is 570 g/mol. The number of carbonyl (C=O) groups excluding carboxylic acids is 1. The van der Waals surface area contributed by atoms with Gasteiger partial charge in [0.15, 0.2) is 5.65 Å². The first kappa shape index (κ1) is 28.2. The van der Waals surface area contributed by atoms with Crippen molar-refractivity contribution in [3.63, 3.8) is 0 Å². The van der Waals surface area contributed by atoms with E-state index in [-0.39, 0.29) is 28.8 Å². The summed E-state index contributed by atoms with van der Waals surface area (Å²) in [4.78, 5) is 46.0. The van der Waals surface area contributed by atoms with Gasteiger partial charge in [0.05, 0.1) is 30.5 Å². The number of ketones is 1. The van der Waals surface area contributed by atoms with Crippen LogP contribution in [0.4, 0.5) is 4.39 Å². The van der Waals surface area contributed by atoms with Gasteiger partial charge in [0.25, 0.3) is 5.56 Å². The number of morpholine rings is 1. The van der Waals surface area contributed by atoms with E-state index in [0.717, 1.165) is 63.0 Å². The lowest BCUT2D eigenvalue weighted by Gasteiger charge is -2.29. The standard InChI is InChI=1S/C33H35FN4O4/c1-22(39)17-23-9-11-27(12-10-23)38-32(40)30-19-26(34)20-35-31(30)37(33(38)41)28-7-4-6-24(18-28)29-8-3-2-5-25(29)21-36-13-15-42-16-14-36/h2-8,18-20,23,27H,9-17,21H2,1H3. The van der Waals surface area contributed by atoms with Gasteiger partial charge in [-0.25, -0.2) is 18.7 Å². The van der Waals surface area contributed by atoms with Crippen LogP contribution in [0, 0.1) is 11.7 Å². The summed E-state index contributed by atoms with van der Waals surface area (Å²) in [6.45, 7) is 5.55. The van der Waals surface area contributed by atoms with E-state index in [1.807, 2.05) is 36.4 Å². The van der Waals surface area contributed by atoms with Crippen LogP contribution in [0.25, 0.3) is 27.8 Å². The predicted octanol–water partition coefficient (Wildman–Crippen LogP) is 4.90. The molecule has 8 nitrogen and oxygen atoms in total. The number of benzene rings is 2. The smallest absolute Gasteiger partial charge is 0.337 e. The van der Waals surface area contributed by atoms with Crippen LogP contribution in [0.1, 0.15) is 50.6 Å². The van der Waals surface area contributed by atoms with Crippen LogP contribution in [0.3, 0.4) is 0 Å². The Bertz CT molecular complexity index is 1730. The Morgan fingerprint density at radius 1 is 1.00 bits per heavy atom. The molecule has 4 aromatic rings. The Morgan fingerprint density at radius 2 is 1.76 bits per heavy atom. The van der Waals surface area contributed by atoms with Crippen LogP contribution in [-0.2, 0) is 16.1 Å². The molecule has 218 valence electrons. The van der Waals surface area contributed by atoms with E-state index in [0.29, 0.717) is 24.9 Å². The maximum absolute atomic E-state index is 14.4. The number of nitrogens with zero attached hydrogens (tertiary/aromatic N) is 4. The molecule has 0 unspecified atom stereocenters. The van der Waals surface area contributed by atoms with Crippen molar-refractivity contribution < 1.29 is 13.9 Å². The number of fused-ring (bicyclic) bond motifs is 1. The zero-order valence-electron chi connectivity index (χ0n) is 23.8. The molecule has 0 radical (unpaired) electrons. The molecule has 0 atom stereocenters. The van der Waals surface area contributed by atoms with Gasteiger partial charge in [0, 0.05) is 32.1 Å². The van der Waals surface area contributed by atoms with Crippen molar-refractivity contribution in [1.82, 2.24) is 19.0 Å². The van der Waals surface area contributed by atoms with E-state index in [4.69, 9.17) is 4.74 Å². The number of ether oxygens (including phenoxy) is 1. The summed E-state index contributed by atoms with van der Waals surface area (Å²) >= 11 is 0. The van der Waals surface area contributed by atoms with Crippen molar-refractivity contribution in [2.24, 2.45) is 5.92 Å². The largest absolute Gasteiger partial charge is 0.379 e. The van der Waals surface area contributed by atoms with E-state index < -0.39 is 17.1 Å². The number of aromatic nitrogens is 3. The van der Waals surface area contributed by atoms with Crippen molar-refractivity contribution in [2.45, 2.75) is 51.6 Å². The average Bonchev–Trinajstić information content (AvgIpc) is 2.99. The number of Topliss-reactive ketones (excluding diaryl/α,β-unsaturated/α-hetero) is 1. The lowest BCUT2D eigenvalue weighted by molar-refractivity contribution is -0.118. The van der Waals surface area contributed by atoms with E-state index in [1.54, 1.807) is 6.92 Å². The highest BCUT2D eigenvalue weighted by Gasteiger charge is 2.28. The fourth-order valence-corrected chi connectivity index (χ4v) is 6.50. The van der Waals surface area contributed by atoms with Gasteiger partial charge in [0.2, 0.25) is 0 Å². The van der Waals surface area contributed by atoms with Gasteiger partial charge in [-0.3, -0.25) is 14.3 Å². The fourth-order valence-electron chi connectivity index (χ4n) is 6.50. The third kappa shape index (κ3) is 5.71. The van der Waals surface area contributed by atoms with Gasteiger partial charge >= 0.3 is 5.69 Å². The van der Waals surface area contributed by atoms with Gasteiger partial charge in [-0.1, -0.05) is 36.4 Å². The Labute approximate surface area is 243 Å². The first-order valence-corrected chi connectivity index (χ1v) is 14.7. The summed E-state index contributed by atoms with van der Waals surface area (Å²) in [5.74, 6) is -0.227. The van der Waals surface area contributed by atoms with Crippen LogP contribution < -0.4 is 11.2 Å². The number of pyridine rings is 1. The first-order valence-electron chi connectivity index (χ1n) is 14.7. The average molecular weight is 571 g/mol. The lowest BCUT2D eigenvalue weighted by Crippen LogP contribution is -2.43. The molecule has 6 rings (SSSR count). The molecule has 1 saturated carbocycles. The Hall–Kier alpha value is -3.95. The van der Waals surface area contributed by atoms with E-state index in [2.05, 4.69) is 22.0 Å². The topological polar surface area (TPSA) is 86.4 Å². The molecule has 1 aliphatic carbocycles. The summed E-state index contributed by atoms with van der Waals surface area (Å²) in [6, 6.07) is 16.7. The molecular formula is C33H35FN4O4. The summed E-state index contributed by atoms with van der Waals surface area (Å²) in [5.41, 5.74) is 2.83. The maximum atomic E-state index is 14.4. The first-order chi connectivity index (χ1) is 20.4. The van der Waals surface area contributed by atoms with Crippen molar-refractivity contribution >= 4 is 16.8 Å². The van der Waals surface area contributed by atoms with E-state index in [9.17, 15) is 18.8 Å². The number of halogens is 1. The van der Waals surface area contributed by atoms with Gasteiger partial charge in [-0.15, -0.1) is 0 Å². The summed E-state index contributed by atoms with van der Waals surface area (Å²) in [5, 5.41) is 0.0681. The SMILES string of the molecule is CC(=O)CC1CCC(n2c(=O)c3cc(F)cnc3n(-c3cccc(-c4ccccc4CN4CCOCC4)c3)c2=O)CC1. The maximum Gasteiger partial charge on any atom is 0.337 e. The number of carbonyl (C=O) groups is 1. The Morgan fingerprint density at radius 3 is 2.52 bits per heavy atom. The van der Waals surface area contributed by atoms with Crippen LogP contribution in [0.15, 0.2) is 70.4 Å². The van der Waals surface area contributed by atoms with E-state index in [1.165, 1.54) is 20.8 Å². The van der Waals surface area contributed by atoms with Gasteiger partial charge in [-0.2, -0.15) is 0 Å².